The number of carbonyl (C=O) groups is 1. The second-order valence-electron chi connectivity index (χ2n) is 5.49. The molecule has 5 heteroatoms. The number of benzene rings is 1. The lowest BCUT2D eigenvalue weighted by atomic mass is 10.2. The summed E-state index contributed by atoms with van der Waals surface area (Å²) in [6, 6.07) is 7.86. The number of likely N-dealkylation sites (tertiary alicyclic amines) is 1. The summed E-state index contributed by atoms with van der Waals surface area (Å²) in [6.45, 7) is 3.77. The van der Waals surface area contributed by atoms with Gasteiger partial charge in [0.05, 0.1) is 24.8 Å². The Labute approximate surface area is 134 Å². The van der Waals surface area contributed by atoms with E-state index in [0.29, 0.717) is 6.42 Å². The molecule has 116 valence electrons. The topological polar surface area (TPSA) is 42.4 Å². The first-order valence-electron chi connectivity index (χ1n) is 7.56. The summed E-state index contributed by atoms with van der Waals surface area (Å²) >= 11 is 1.59. The van der Waals surface area contributed by atoms with Crippen LogP contribution in [-0.2, 0) is 11.2 Å². The van der Waals surface area contributed by atoms with Crippen LogP contribution in [0.4, 0.5) is 0 Å². The molecule has 0 saturated carbocycles. The highest BCUT2D eigenvalue weighted by Gasteiger charge is 2.21. The standard InChI is InChI=1S/C17H20N2O2S/c1-12-15(11-16(20)19-9-5-6-10-19)22-17(18-12)13-7-3-4-8-14(13)21-2/h3-4,7-8H,5-6,9-11H2,1-2H3. The van der Waals surface area contributed by atoms with Crippen molar-refractivity contribution in [2.45, 2.75) is 26.2 Å². The Morgan fingerprint density at radius 1 is 1.32 bits per heavy atom. The number of rotatable bonds is 4. The van der Waals surface area contributed by atoms with E-state index < -0.39 is 0 Å². The minimum absolute atomic E-state index is 0.218. The Morgan fingerprint density at radius 2 is 2.05 bits per heavy atom. The molecule has 1 aromatic carbocycles. The van der Waals surface area contributed by atoms with Crippen molar-refractivity contribution in [3.8, 4) is 16.3 Å². The molecule has 1 aromatic heterocycles. The van der Waals surface area contributed by atoms with Crippen LogP contribution in [0, 0.1) is 6.92 Å². The van der Waals surface area contributed by atoms with Gasteiger partial charge < -0.3 is 9.64 Å². The fraction of sp³-hybridized carbons (Fsp3) is 0.412. The predicted molar refractivity (Wildman–Crippen MR) is 88.4 cm³/mol. The molecule has 1 aliphatic heterocycles. The molecule has 1 amide bonds. The van der Waals surface area contributed by atoms with E-state index in [4.69, 9.17) is 4.74 Å². The van der Waals surface area contributed by atoms with Gasteiger partial charge in [0.2, 0.25) is 5.91 Å². The number of amides is 1. The van der Waals surface area contributed by atoms with E-state index in [1.807, 2.05) is 36.1 Å². The van der Waals surface area contributed by atoms with Crippen molar-refractivity contribution in [1.82, 2.24) is 9.88 Å². The molecule has 0 aliphatic carbocycles. The first-order chi connectivity index (χ1) is 10.7. The summed E-state index contributed by atoms with van der Waals surface area (Å²) in [5.74, 6) is 1.03. The largest absolute Gasteiger partial charge is 0.496 e. The molecule has 0 radical (unpaired) electrons. The number of aromatic nitrogens is 1. The maximum Gasteiger partial charge on any atom is 0.227 e. The van der Waals surface area contributed by atoms with E-state index in [9.17, 15) is 4.79 Å². The Kier molecular flexibility index (Phi) is 4.43. The molecule has 1 saturated heterocycles. The monoisotopic (exact) mass is 316 g/mol. The van der Waals surface area contributed by atoms with Gasteiger partial charge in [-0.1, -0.05) is 12.1 Å². The molecule has 0 bridgehead atoms. The van der Waals surface area contributed by atoms with E-state index in [-0.39, 0.29) is 5.91 Å². The molecule has 1 fully saturated rings. The Hall–Kier alpha value is -1.88. The van der Waals surface area contributed by atoms with Gasteiger partial charge in [-0.3, -0.25) is 4.79 Å². The van der Waals surface area contributed by atoms with Crippen LogP contribution >= 0.6 is 11.3 Å². The number of hydrogen-bond donors (Lipinski definition) is 0. The molecule has 2 heterocycles. The fourth-order valence-electron chi connectivity index (χ4n) is 2.74. The molecule has 0 atom stereocenters. The van der Waals surface area contributed by atoms with Crippen LogP contribution in [0.25, 0.3) is 10.6 Å². The highest BCUT2D eigenvalue weighted by molar-refractivity contribution is 7.15. The van der Waals surface area contributed by atoms with Crippen molar-refractivity contribution in [2.24, 2.45) is 0 Å². The third-order valence-corrected chi connectivity index (χ3v) is 5.19. The highest BCUT2D eigenvalue weighted by Crippen LogP contribution is 2.34. The maximum atomic E-state index is 12.3. The van der Waals surface area contributed by atoms with E-state index in [1.165, 1.54) is 0 Å². The number of para-hydroxylation sites is 1. The van der Waals surface area contributed by atoms with Crippen LogP contribution in [0.5, 0.6) is 5.75 Å². The molecular weight excluding hydrogens is 296 g/mol. The zero-order valence-corrected chi connectivity index (χ0v) is 13.8. The van der Waals surface area contributed by atoms with E-state index in [1.54, 1.807) is 18.4 Å². The Bertz CT molecular complexity index is 675. The lowest BCUT2D eigenvalue weighted by Crippen LogP contribution is -2.28. The molecule has 22 heavy (non-hydrogen) atoms. The van der Waals surface area contributed by atoms with Crippen LogP contribution in [0.2, 0.25) is 0 Å². The molecule has 2 aromatic rings. The van der Waals surface area contributed by atoms with Crippen molar-refractivity contribution in [3.63, 3.8) is 0 Å². The molecular formula is C17H20N2O2S. The lowest BCUT2D eigenvalue weighted by Gasteiger charge is -2.14. The number of methoxy groups -OCH3 is 1. The molecule has 0 unspecified atom stereocenters. The van der Waals surface area contributed by atoms with Crippen LogP contribution in [0.1, 0.15) is 23.4 Å². The lowest BCUT2D eigenvalue weighted by molar-refractivity contribution is -0.129. The minimum atomic E-state index is 0.218. The van der Waals surface area contributed by atoms with Crippen LogP contribution in [0.15, 0.2) is 24.3 Å². The van der Waals surface area contributed by atoms with Gasteiger partial charge in [-0.15, -0.1) is 11.3 Å². The normalized spacial score (nSPS) is 14.4. The smallest absolute Gasteiger partial charge is 0.227 e. The van der Waals surface area contributed by atoms with Gasteiger partial charge in [0, 0.05) is 18.0 Å². The average Bonchev–Trinajstić information content (AvgIpc) is 3.18. The number of aryl methyl sites for hydroxylation is 1. The van der Waals surface area contributed by atoms with Gasteiger partial charge in [0.1, 0.15) is 10.8 Å². The fourth-order valence-corrected chi connectivity index (χ4v) is 3.83. The molecule has 3 rings (SSSR count). The molecule has 0 N–H and O–H groups in total. The number of carbonyl (C=O) groups excluding carboxylic acids is 1. The zero-order valence-electron chi connectivity index (χ0n) is 13.0. The van der Waals surface area contributed by atoms with Gasteiger partial charge in [-0.2, -0.15) is 0 Å². The predicted octanol–water partition coefficient (Wildman–Crippen LogP) is 3.29. The summed E-state index contributed by atoms with van der Waals surface area (Å²) in [5.41, 5.74) is 1.93. The second-order valence-corrected chi connectivity index (χ2v) is 6.58. The van der Waals surface area contributed by atoms with Crippen molar-refractivity contribution in [3.05, 3.63) is 34.8 Å². The summed E-state index contributed by atoms with van der Waals surface area (Å²) < 4.78 is 5.40. The first kappa shape index (κ1) is 15.0. The van der Waals surface area contributed by atoms with Gasteiger partial charge in [-0.05, 0) is 31.9 Å². The quantitative estimate of drug-likeness (QED) is 0.869. The van der Waals surface area contributed by atoms with Crippen molar-refractivity contribution >= 4 is 17.2 Å². The van der Waals surface area contributed by atoms with Crippen molar-refractivity contribution < 1.29 is 9.53 Å². The zero-order chi connectivity index (χ0) is 15.5. The minimum Gasteiger partial charge on any atom is -0.496 e. The number of thiazole rings is 1. The number of ether oxygens (including phenoxy) is 1. The van der Waals surface area contributed by atoms with Crippen LogP contribution < -0.4 is 4.74 Å². The van der Waals surface area contributed by atoms with Crippen LogP contribution in [-0.4, -0.2) is 36.0 Å². The number of nitrogens with zero attached hydrogens (tertiary/aromatic N) is 2. The average molecular weight is 316 g/mol. The van der Waals surface area contributed by atoms with Gasteiger partial charge in [-0.25, -0.2) is 4.98 Å². The van der Waals surface area contributed by atoms with Crippen molar-refractivity contribution in [1.29, 1.82) is 0 Å². The van der Waals surface area contributed by atoms with Gasteiger partial charge in [0.25, 0.3) is 0 Å². The van der Waals surface area contributed by atoms with E-state index >= 15 is 0 Å². The van der Waals surface area contributed by atoms with E-state index in [0.717, 1.165) is 52.8 Å². The highest BCUT2D eigenvalue weighted by atomic mass is 32.1. The summed E-state index contributed by atoms with van der Waals surface area (Å²) in [7, 11) is 1.66. The molecule has 1 aliphatic rings. The second kappa shape index (κ2) is 6.48. The van der Waals surface area contributed by atoms with Crippen LogP contribution in [0.3, 0.4) is 0 Å². The molecule has 4 nitrogen and oxygen atoms in total. The third-order valence-electron chi connectivity index (χ3n) is 4.00. The summed E-state index contributed by atoms with van der Waals surface area (Å²) in [4.78, 5) is 20.0. The molecule has 0 spiro atoms. The van der Waals surface area contributed by atoms with Gasteiger partial charge >= 0.3 is 0 Å². The Morgan fingerprint density at radius 3 is 2.77 bits per heavy atom. The van der Waals surface area contributed by atoms with Crippen molar-refractivity contribution in [2.75, 3.05) is 20.2 Å². The SMILES string of the molecule is COc1ccccc1-c1nc(C)c(CC(=O)N2CCCC2)s1. The maximum absolute atomic E-state index is 12.3. The summed E-state index contributed by atoms with van der Waals surface area (Å²) in [6.07, 6.45) is 2.71. The van der Waals surface area contributed by atoms with Gasteiger partial charge in [0.15, 0.2) is 0 Å². The number of hydrogen-bond acceptors (Lipinski definition) is 4. The van der Waals surface area contributed by atoms with E-state index in [2.05, 4.69) is 4.98 Å². The summed E-state index contributed by atoms with van der Waals surface area (Å²) in [5, 5.41) is 0.916. The third kappa shape index (κ3) is 2.99. The Balaban J connectivity index is 1.83. The first-order valence-corrected chi connectivity index (χ1v) is 8.38.